The number of carbonyl (C=O) groups is 1. The predicted octanol–water partition coefficient (Wildman–Crippen LogP) is 3.06. The molecule has 122 valence electrons. The van der Waals surface area contributed by atoms with E-state index >= 15 is 0 Å². The van der Waals surface area contributed by atoms with Gasteiger partial charge >= 0.3 is 0 Å². The number of nitrogens with one attached hydrogen (secondary N) is 1. The highest BCUT2D eigenvalue weighted by atomic mass is 19.1. The van der Waals surface area contributed by atoms with Crippen molar-refractivity contribution in [2.45, 2.75) is 6.92 Å². The fraction of sp³-hybridized carbons (Fsp3) is 0.118. The lowest BCUT2D eigenvalue weighted by atomic mass is 10.3. The Balaban J connectivity index is 1.74. The molecule has 1 aromatic heterocycles. The van der Waals surface area contributed by atoms with Crippen LogP contribution in [0.4, 0.5) is 10.1 Å². The summed E-state index contributed by atoms with van der Waals surface area (Å²) in [6.45, 7) is 2.13. The van der Waals surface area contributed by atoms with Crippen molar-refractivity contribution in [1.82, 2.24) is 14.8 Å². The second-order valence-corrected chi connectivity index (χ2v) is 4.88. The maximum Gasteiger partial charge on any atom is 0.295 e. The molecule has 1 amide bonds. The standard InChI is InChI=1S/C17H15FN4O2/c1-2-24-15-9-8-12(10-14(15)18)20-17(23)16-19-11-22(21-16)13-6-4-3-5-7-13/h3-11H,2H2,1H3,(H,20,23). The Morgan fingerprint density at radius 2 is 2.04 bits per heavy atom. The zero-order chi connectivity index (χ0) is 16.9. The van der Waals surface area contributed by atoms with Gasteiger partial charge in [-0.1, -0.05) is 18.2 Å². The molecule has 0 aliphatic carbocycles. The second-order valence-electron chi connectivity index (χ2n) is 4.88. The molecule has 0 saturated carbocycles. The van der Waals surface area contributed by atoms with Crippen molar-refractivity contribution >= 4 is 11.6 Å². The summed E-state index contributed by atoms with van der Waals surface area (Å²) in [4.78, 5) is 16.2. The molecule has 6 nitrogen and oxygen atoms in total. The Kier molecular flexibility index (Phi) is 4.51. The van der Waals surface area contributed by atoms with Crippen LogP contribution < -0.4 is 10.1 Å². The maximum absolute atomic E-state index is 13.8. The van der Waals surface area contributed by atoms with Gasteiger partial charge in [-0.3, -0.25) is 4.79 Å². The normalized spacial score (nSPS) is 10.4. The van der Waals surface area contributed by atoms with Crippen LogP contribution in [0.25, 0.3) is 5.69 Å². The number of benzene rings is 2. The molecule has 0 unspecified atom stereocenters. The molecule has 0 bridgehead atoms. The number of carbonyl (C=O) groups excluding carboxylic acids is 1. The summed E-state index contributed by atoms with van der Waals surface area (Å²) in [5.41, 5.74) is 1.09. The second kappa shape index (κ2) is 6.91. The molecule has 0 saturated heterocycles. The lowest BCUT2D eigenvalue weighted by Gasteiger charge is -2.07. The average Bonchev–Trinajstić information content (AvgIpc) is 3.08. The number of halogens is 1. The van der Waals surface area contributed by atoms with Crippen LogP contribution >= 0.6 is 0 Å². The van der Waals surface area contributed by atoms with E-state index in [9.17, 15) is 9.18 Å². The summed E-state index contributed by atoms with van der Waals surface area (Å²) >= 11 is 0. The number of nitrogens with zero attached hydrogens (tertiary/aromatic N) is 3. The first-order valence-electron chi connectivity index (χ1n) is 7.38. The van der Waals surface area contributed by atoms with Gasteiger partial charge in [-0.2, -0.15) is 0 Å². The number of hydrogen-bond acceptors (Lipinski definition) is 4. The van der Waals surface area contributed by atoms with E-state index in [0.717, 1.165) is 5.69 Å². The quantitative estimate of drug-likeness (QED) is 0.782. The molecule has 0 fully saturated rings. The van der Waals surface area contributed by atoms with Crippen molar-refractivity contribution in [3.63, 3.8) is 0 Å². The number of ether oxygens (including phenoxy) is 1. The van der Waals surface area contributed by atoms with Crippen molar-refractivity contribution in [3.05, 3.63) is 66.5 Å². The number of para-hydroxylation sites is 1. The van der Waals surface area contributed by atoms with Gasteiger partial charge < -0.3 is 10.1 Å². The average molecular weight is 326 g/mol. The zero-order valence-corrected chi connectivity index (χ0v) is 12.9. The van der Waals surface area contributed by atoms with Crippen LogP contribution in [-0.4, -0.2) is 27.3 Å². The SMILES string of the molecule is CCOc1ccc(NC(=O)c2ncn(-c3ccccc3)n2)cc1F. The zero-order valence-electron chi connectivity index (χ0n) is 12.9. The minimum Gasteiger partial charge on any atom is -0.491 e. The van der Waals surface area contributed by atoms with E-state index in [-0.39, 0.29) is 11.6 Å². The largest absolute Gasteiger partial charge is 0.491 e. The molecule has 2 aromatic carbocycles. The Labute approximate surface area is 137 Å². The van der Waals surface area contributed by atoms with E-state index in [1.807, 2.05) is 30.3 Å². The van der Waals surface area contributed by atoms with Crippen LogP contribution in [0.1, 0.15) is 17.5 Å². The highest BCUT2D eigenvalue weighted by Crippen LogP contribution is 2.21. The summed E-state index contributed by atoms with van der Waals surface area (Å²) in [5, 5.41) is 6.68. The molecular formula is C17H15FN4O2. The minimum atomic E-state index is -0.544. The van der Waals surface area contributed by atoms with E-state index in [2.05, 4.69) is 15.4 Å². The number of hydrogen-bond donors (Lipinski definition) is 1. The van der Waals surface area contributed by atoms with Gasteiger partial charge in [-0.05, 0) is 31.2 Å². The first-order chi connectivity index (χ1) is 11.7. The summed E-state index contributed by atoms with van der Waals surface area (Å²) in [5.74, 6) is -0.930. The van der Waals surface area contributed by atoms with Gasteiger partial charge in [0.1, 0.15) is 6.33 Å². The van der Waals surface area contributed by atoms with E-state index in [1.54, 1.807) is 13.0 Å². The van der Waals surface area contributed by atoms with Crippen molar-refractivity contribution in [2.24, 2.45) is 0 Å². The molecule has 3 aromatic rings. The van der Waals surface area contributed by atoms with Crippen molar-refractivity contribution < 1.29 is 13.9 Å². The van der Waals surface area contributed by atoms with Crippen molar-refractivity contribution in [2.75, 3.05) is 11.9 Å². The van der Waals surface area contributed by atoms with Gasteiger partial charge in [0.25, 0.3) is 5.91 Å². The maximum atomic E-state index is 13.8. The van der Waals surface area contributed by atoms with Crippen molar-refractivity contribution in [3.8, 4) is 11.4 Å². The van der Waals surface area contributed by atoms with Gasteiger partial charge in [0.05, 0.1) is 12.3 Å². The summed E-state index contributed by atoms with van der Waals surface area (Å²) in [6, 6.07) is 13.5. The Morgan fingerprint density at radius 3 is 2.75 bits per heavy atom. The lowest BCUT2D eigenvalue weighted by molar-refractivity contribution is 0.101. The van der Waals surface area contributed by atoms with Gasteiger partial charge in [0.2, 0.25) is 5.82 Å². The number of rotatable bonds is 5. The van der Waals surface area contributed by atoms with E-state index < -0.39 is 11.7 Å². The molecule has 0 atom stereocenters. The third kappa shape index (κ3) is 3.40. The Morgan fingerprint density at radius 1 is 1.25 bits per heavy atom. The third-order valence-electron chi connectivity index (χ3n) is 3.21. The fourth-order valence-electron chi connectivity index (χ4n) is 2.11. The summed E-state index contributed by atoms with van der Waals surface area (Å²) in [7, 11) is 0. The number of amides is 1. The third-order valence-corrected chi connectivity index (χ3v) is 3.21. The first-order valence-corrected chi connectivity index (χ1v) is 7.38. The van der Waals surface area contributed by atoms with Gasteiger partial charge in [-0.15, -0.1) is 5.10 Å². The minimum absolute atomic E-state index is 0.00635. The van der Waals surface area contributed by atoms with Crippen LogP contribution in [0, 0.1) is 5.82 Å². The molecule has 24 heavy (non-hydrogen) atoms. The van der Waals surface area contributed by atoms with Crippen LogP contribution in [0.5, 0.6) is 5.75 Å². The number of anilines is 1. The lowest BCUT2D eigenvalue weighted by Crippen LogP contribution is -2.14. The van der Waals surface area contributed by atoms with Crippen molar-refractivity contribution in [1.29, 1.82) is 0 Å². The molecule has 0 aliphatic rings. The van der Waals surface area contributed by atoms with E-state index in [0.29, 0.717) is 12.3 Å². The van der Waals surface area contributed by atoms with Gasteiger partial charge in [-0.25, -0.2) is 14.1 Å². The first kappa shape index (κ1) is 15.7. The smallest absolute Gasteiger partial charge is 0.295 e. The topological polar surface area (TPSA) is 69.0 Å². The van der Waals surface area contributed by atoms with E-state index in [4.69, 9.17) is 4.74 Å². The molecule has 0 aliphatic heterocycles. The number of aromatic nitrogens is 3. The molecule has 7 heteroatoms. The summed E-state index contributed by atoms with van der Waals surface area (Å²) in [6.07, 6.45) is 1.45. The van der Waals surface area contributed by atoms with Gasteiger partial charge in [0.15, 0.2) is 11.6 Å². The molecular weight excluding hydrogens is 311 g/mol. The Bertz CT molecular complexity index is 849. The van der Waals surface area contributed by atoms with Gasteiger partial charge in [0, 0.05) is 11.8 Å². The highest BCUT2D eigenvalue weighted by Gasteiger charge is 2.13. The highest BCUT2D eigenvalue weighted by molar-refractivity contribution is 6.01. The van der Waals surface area contributed by atoms with Crippen LogP contribution in [0.15, 0.2) is 54.9 Å². The predicted molar refractivity (Wildman–Crippen MR) is 86.9 cm³/mol. The molecule has 0 radical (unpaired) electrons. The summed E-state index contributed by atoms with van der Waals surface area (Å²) < 4.78 is 20.4. The molecule has 1 N–H and O–H groups in total. The molecule has 3 rings (SSSR count). The van der Waals surface area contributed by atoms with Crippen LogP contribution in [0.2, 0.25) is 0 Å². The van der Waals surface area contributed by atoms with Crippen LogP contribution in [-0.2, 0) is 0 Å². The molecule has 0 spiro atoms. The molecule has 1 heterocycles. The van der Waals surface area contributed by atoms with Crippen LogP contribution in [0.3, 0.4) is 0 Å². The fourth-order valence-corrected chi connectivity index (χ4v) is 2.11. The van der Waals surface area contributed by atoms with E-state index in [1.165, 1.54) is 23.1 Å². The Hall–Kier alpha value is -3.22. The monoisotopic (exact) mass is 326 g/mol.